The zero-order valence-corrected chi connectivity index (χ0v) is 19.5. The lowest BCUT2D eigenvalue weighted by Crippen LogP contribution is -2.38. The molecule has 2 nitrogen and oxygen atoms in total. The summed E-state index contributed by atoms with van der Waals surface area (Å²) >= 11 is 6.22. The van der Waals surface area contributed by atoms with Crippen molar-refractivity contribution in [2.45, 2.75) is 37.8 Å². The van der Waals surface area contributed by atoms with Gasteiger partial charge in [-0.05, 0) is 79.6 Å². The smallest absolute Gasteiger partial charge is 0.0406 e. The first-order chi connectivity index (χ1) is 15.8. The summed E-state index contributed by atoms with van der Waals surface area (Å²) in [6.45, 7) is 5.79. The molecule has 2 aliphatic heterocycles. The molecule has 3 aromatic carbocycles. The normalized spacial score (nSPS) is 22.9. The van der Waals surface area contributed by atoms with Gasteiger partial charge in [-0.25, -0.2) is 0 Å². The molecular formula is C29H33ClN2. The van der Waals surface area contributed by atoms with Gasteiger partial charge in [-0.2, -0.15) is 0 Å². The zero-order valence-electron chi connectivity index (χ0n) is 18.7. The summed E-state index contributed by atoms with van der Waals surface area (Å²) in [6, 6.07) is 31.0. The molecule has 3 heteroatoms. The molecule has 32 heavy (non-hydrogen) atoms. The van der Waals surface area contributed by atoms with Crippen LogP contribution in [0.15, 0.2) is 84.9 Å². The van der Waals surface area contributed by atoms with Crippen LogP contribution in [0.1, 0.15) is 47.9 Å². The Kier molecular flexibility index (Phi) is 6.92. The Morgan fingerprint density at radius 3 is 2.03 bits per heavy atom. The van der Waals surface area contributed by atoms with E-state index >= 15 is 0 Å². The van der Waals surface area contributed by atoms with Crippen LogP contribution in [0.5, 0.6) is 0 Å². The molecule has 2 aliphatic rings. The number of halogens is 1. The first-order valence-corrected chi connectivity index (χ1v) is 12.4. The molecule has 2 unspecified atom stereocenters. The van der Waals surface area contributed by atoms with Crippen molar-refractivity contribution in [1.29, 1.82) is 0 Å². The van der Waals surface area contributed by atoms with Gasteiger partial charge in [0.2, 0.25) is 0 Å². The van der Waals surface area contributed by atoms with Gasteiger partial charge < -0.3 is 4.90 Å². The van der Waals surface area contributed by atoms with Crippen molar-refractivity contribution in [3.8, 4) is 0 Å². The minimum absolute atomic E-state index is 0.458. The average Bonchev–Trinajstić information content (AvgIpc) is 3.23. The maximum Gasteiger partial charge on any atom is 0.0406 e. The van der Waals surface area contributed by atoms with E-state index in [1.807, 2.05) is 0 Å². The molecule has 0 aromatic heterocycles. The van der Waals surface area contributed by atoms with Gasteiger partial charge in [0, 0.05) is 24.2 Å². The van der Waals surface area contributed by atoms with Crippen LogP contribution in [-0.4, -0.2) is 36.0 Å². The molecule has 2 heterocycles. The molecule has 2 saturated heterocycles. The van der Waals surface area contributed by atoms with E-state index in [-0.39, 0.29) is 0 Å². The van der Waals surface area contributed by atoms with E-state index in [0.29, 0.717) is 12.0 Å². The third-order valence-electron chi connectivity index (χ3n) is 7.42. The Bertz CT molecular complexity index is 965. The maximum atomic E-state index is 6.22. The number of rotatable bonds is 6. The highest BCUT2D eigenvalue weighted by Gasteiger charge is 2.36. The van der Waals surface area contributed by atoms with E-state index in [9.17, 15) is 0 Å². The molecule has 0 saturated carbocycles. The number of nitrogens with zero attached hydrogens (tertiary/aromatic N) is 2. The molecule has 0 amide bonds. The zero-order chi connectivity index (χ0) is 21.8. The molecule has 0 spiro atoms. The molecule has 3 aromatic rings. The van der Waals surface area contributed by atoms with Crippen LogP contribution < -0.4 is 0 Å². The second-order valence-electron chi connectivity index (χ2n) is 9.49. The van der Waals surface area contributed by atoms with Gasteiger partial charge in [-0.1, -0.05) is 84.4 Å². The van der Waals surface area contributed by atoms with E-state index in [1.165, 1.54) is 55.6 Å². The molecule has 2 fully saturated rings. The van der Waals surface area contributed by atoms with E-state index < -0.39 is 0 Å². The van der Waals surface area contributed by atoms with E-state index in [4.69, 9.17) is 11.6 Å². The Hall–Kier alpha value is -2.13. The second kappa shape index (κ2) is 10.2. The third-order valence-corrected chi connectivity index (χ3v) is 7.67. The largest absolute Gasteiger partial charge is 0.303 e. The SMILES string of the molecule is Clc1ccc(C2C(CN3CCC(c4ccccc4)CC3)CCN2Cc2ccccc2)cc1. The summed E-state index contributed by atoms with van der Waals surface area (Å²) in [5.41, 5.74) is 4.32. The van der Waals surface area contributed by atoms with Crippen LogP contribution in [0.4, 0.5) is 0 Å². The Morgan fingerprint density at radius 2 is 1.34 bits per heavy atom. The molecule has 5 rings (SSSR count). The summed E-state index contributed by atoms with van der Waals surface area (Å²) in [5.74, 6) is 1.38. The van der Waals surface area contributed by atoms with E-state index in [1.54, 1.807) is 0 Å². The highest BCUT2D eigenvalue weighted by Crippen LogP contribution is 2.40. The quantitative estimate of drug-likeness (QED) is 0.413. The van der Waals surface area contributed by atoms with Gasteiger partial charge in [-0.3, -0.25) is 4.90 Å². The number of piperidine rings is 1. The number of hydrogen-bond donors (Lipinski definition) is 0. The molecule has 0 bridgehead atoms. The van der Waals surface area contributed by atoms with Gasteiger partial charge in [0.1, 0.15) is 0 Å². The predicted molar refractivity (Wildman–Crippen MR) is 134 cm³/mol. The van der Waals surface area contributed by atoms with Crippen LogP contribution in [-0.2, 0) is 6.54 Å². The standard InChI is InChI=1S/C29H33ClN2/c30-28-13-11-26(12-14-28)29-27(17-20-32(29)21-23-7-3-1-4-8-23)22-31-18-15-25(16-19-31)24-9-5-2-6-10-24/h1-14,25,27,29H,15-22H2. The predicted octanol–water partition coefficient (Wildman–Crippen LogP) is 6.78. The first kappa shape index (κ1) is 21.7. The lowest BCUT2D eigenvalue weighted by Gasteiger charge is -2.36. The Balaban J connectivity index is 1.27. The minimum Gasteiger partial charge on any atom is -0.303 e. The summed E-state index contributed by atoms with van der Waals surface area (Å²) in [5, 5.41) is 0.820. The molecule has 0 aliphatic carbocycles. The average molecular weight is 445 g/mol. The second-order valence-corrected chi connectivity index (χ2v) is 9.92. The van der Waals surface area contributed by atoms with E-state index in [2.05, 4.69) is 94.7 Å². The van der Waals surface area contributed by atoms with Crippen molar-refractivity contribution in [2.24, 2.45) is 5.92 Å². The van der Waals surface area contributed by atoms with Gasteiger partial charge >= 0.3 is 0 Å². The van der Waals surface area contributed by atoms with Gasteiger partial charge in [0.15, 0.2) is 0 Å². The van der Waals surface area contributed by atoms with Crippen LogP contribution in [0.2, 0.25) is 5.02 Å². The molecule has 166 valence electrons. The number of hydrogen-bond acceptors (Lipinski definition) is 2. The van der Waals surface area contributed by atoms with Crippen LogP contribution in [0.25, 0.3) is 0 Å². The van der Waals surface area contributed by atoms with Gasteiger partial charge in [0.25, 0.3) is 0 Å². The van der Waals surface area contributed by atoms with Gasteiger partial charge in [-0.15, -0.1) is 0 Å². The van der Waals surface area contributed by atoms with Crippen LogP contribution in [0, 0.1) is 5.92 Å². The highest BCUT2D eigenvalue weighted by molar-refractivity contribution is 6.30. The van der Waals surface area contributed by atoms with Crippen molar-refractivity contribution in [2.75, 3.05) is 26.2 Å². The molecule has 2 atom stereocenters. The maximum absolute atomic E-state index is 6.22. The van der Waals surface area contributed by atoms with Crippen LogP contribution >= 0.6 is 11.6 Å². The lowest BCUT2D eigenvalue weighted by atomic mass is 9.88. The van der Waals surface area contributed by atoms with Crippen molar-refractivity contribution in [3.63, 3.8) is 0 Å². The molecular weight excluding hydrogens is 412 g/mol. The summed E-state index contributed by atoms with van der Waals surface area (Å²) in [4.78, 5) is 5.40. The van der Waals surface area contributed by atoms with Crippen molar-refractivity contribution >= 4 is 11.6 Å². The minimum atomic E-state index is 0.458. The van der Waals surface area contributed by atoms with Gasteiger partial charge in [0.05, 0.1) is 0 Å². The fraction of sp³-hybridized carbons (Fsp3) is 0.379. The fourth-order valence-electron chi connectivity index (χ4n) is 5.76. The highest BCUT2D eigenvalue weighted by atomic mass is 35.5. The summed E-state index contributed by atoms with van der Waals surface area (Å²) in [7, 11) is 0. The Morgan fingerprint density at radius 1 is 0.688 bits per heavy atom. The fourth-order valence-corrected chi connectivity index (χ4v) is 5.89. The van der Waals surface area contributed by atoms with Crippen molar-refractivity contribution in [3.05, 3.63) is 107 Å². The van der Waals surface area contributed by atoms with Crippen molar-refractivity contribution in [1.82, 2.24) is 9.80 Å². The monoisotopic (exact) mass is 444 g/mol. The van der Waals surface area contributed by atoms with Crippen molar-refractivity contribution < 1.29 is 0 Å². The van der Waals surface area contributed by atoms with E-state index in [0.717, 1.165) is 24.0 Å². The lowest BCUT2D eigenvalue weighted by molar-refractivity contribution is 0.150. The summed E-state index contributed by atoms with van der Waals surface area (Å²) in [6.07, 6.45) is 3.81. The van der Waals surface area contributed by atoms with Crippen LogP contribution in [0.3, 0.4) is 0 Å². The Labute approximate surface area is 197 Å². The number of benzene rings is 3. The summed E-state index contributed by atoms with van der Waals surface area (Å²) < 4.78 is 0. The third kappa shape index (κ3) is 5.09. The molecule has 0 radical (unpaired) electrons. The number of likely N-dealkylation sites (tertiary alicyclic amines) is 2. The topological polar surface area (TPSA) is 6.48 Å². The molecule has 0 N–H and O–H groups in total. The first-order valence-electron chi connectivity index (χ1n) is 12.1.